The number of nitrogens with two attached hydrogens (primary N) is 2. The van der Waals surface area contributed by atoms with Gasteiger partial charge in [-0.15, -0.1) is 11.8 Å². The Balaban J connectivity index is 2.29. The highest BCUT2D eigenvalue weighted by Gasteiger charge is 2.82. The molecule has 0 bridgehead atoms. The van der Waals surface area contributed by atoms with Gasteiger partial charge >= 0.3 is 11.9 Å². The fourth-order valence-electron chi connectivity index (χ4n) is 6.12. The smallest absolute Gasteiger partial charge is 0.333 e. The number of hydrogen-bond acceptors (Lipinski definition) is 6. The largest absolute Gasteiger partial charge is 0.618 e. The van der Waals surface area contributed by atoms with Crippen LogP contribution < -0.4 is 16.2 Å². The predicted molar refractivity (Wildman–Crippen MR) is 136 cm³/mol. The van der Waals surface area contributed by atoms with Crippen LogP contribution in [0.4, 0.5) is 0 Å². The second-order valence-electron chi connectivity index (χ2n) is 9.90. The van der Waals surface area contributed by atoms with Crippen LogP contribution >= 0.6 is 11.8 Å². The lowest BCUT2D eigenvalue weighted by atomic mass is 9.55. The Morgan fingerprint density at radius 1 is 1.19 bits per heavy atom. The minimum absolute atomic E-state index is 0.0914. The van der Waals surface area contributed by atoms with Gasteiger partial charge in [0.25, 0.3) is 5.69 Å². The van der Waals surface area contributed by atoms with Gasteiger partial charge in [-0.25, -0.2) is 4.79 Å². The van der Waals surface area contributed by atoms with Gasteiger partial charge in [-0.2, -0.15) is 4.73 Å². The molecule has 0 spiro atoms. The van der Waals surface area contributed by atoms with E-state index < -0.39 is 50.5 Å². The van der Waals surface area contributed by atoms with Crippen LogP contribution in [0.2, 0.25) is 0 Å². The molecular formula is C26H30N4O6S. The van der Waals surface area contributed by atoms with Crippen LogP contribution in [-0.4, -0.2) is 49.4 Å². The molecule has 2 fully saturated rings. The lowest BCUT2D eigenvalue weighted by molar-refractivity contribution is -0.620. The zero-order valence-electron chi connectivity index (χ0n) is 20.9. The molecule has 3 heterocycles. The summed E-state index contributed by atoms with van der Waals surface area (Å²) in [6.07, 6.45) is 1.74. The molecule has 0 aliphatic carbocycles. The highest BCUT2D eigenvalue weighted by atomic mass is 32.2. The first-order valence-electron chi connectivity index (χ1n) is 12.0. The molecule has 4 rings (SSSR count). The predicted octanol–water partition coefficient (Wildman–Crippen LogP) is 1.44. The van der Waals surface area contributed by atoms with Crippen molar-refractivity contribution in [2.75, 3.05) is 0 Å². The Bertz CT molecular complexity index is 1300. The number of carboxylic acids is 1. The summed E-state index contributed by atoms with van der Waals surface area (Å²) in [7, 11) is 0. The highest BCUT2D eigenvalue weighted by Crippen LogP contribution is 2.64. The van der Waals surface area contributed by atoms with Crippen LogP contribution in [-0.2, 0) is 26.2 Å². The first-order chi connectivity index (χ1) is 17.4. The van der Waals surface area contributed by atoms with E-state index in [0.29, 0.717) is 18.4 Å². The van der Waals surface area contributed by atoms with Gasteiger partial charge < -0.3 is 26.7 Å². The number of fused-ring (bicyclic) bond motifs is 1. The molecule has 3 atom stereocenters. The van der Waals surface area contributed by atoms with Crippen molar-refractivity contribution >= 4 is 35.5 Å². The first kappa shape index (κ1) is 26.5. The van der Waals surface area contributed by atoms with Gasteiger partial charge in [0.15, 0.2) is 11.0 Å². The molecule has 11 heteroatoms. The SMILES string of the molecule is CCCCc1ccc(C(N)=O)[n+]([O-])c1C(C(N)=O)(c1ccccc1)[C@]1(C(=O)O)N2C(=O)C[C@H]2SC1(C)C. The van der Waals surface area contributed by atoms with E-state index in [0.717, 1.165) is 6.42 Å². The summed E-state index contributed by atoms with van der Waals surface area (Å²) in [6.45, 7) is 5.22. The number of hydrogen-bond donors (Lipinski definition) is 3. The number of pyridine rings is 1. The standard InChI is InChI=1S/C26H30N4O6S/c1-4-5-9-15-12-13-17(21(27)32)30(36)20(15)25(22(28)33,16-10-7-6-8-11-16)26(23(34)35)24(2,3)37-19-14-18(31)29(19)26/h6-8,10-13,19H,4-5,9,14H2,1-3H3,(H2,27,32)(H2,28,33)(H,34,35)/t19-,25?,26-/m1/s1. The number of aryl methyl sites for hydroxylation is 1. The molecule has 1 unspecified atom stereocenters. The lowest BCUT2D eigenvalue weighted by Crippen LogP contribution is -2.80. The van der Waals surface area contributed by atoms with Gasteiger partial charge in [0.2, 0.25) is 17.5 Å². The second-order valence-corrected chi connectivity index (χ2v) is 11.7. The Hall–Kier alpha value is -3.60. The number of carboxylic acid groups (broad SMARTS) is 1. The number of rotatable bonds is 9. The third-order valence-corrected chi connectivity index (χ3v) is 9.11. The average molecular weight is 527 g/mol. The zero-order valence-corrected chi connectivity index (χ0v) is 21.7. The van der Waals surface area contributed by atoms with E-state index in [-0.39, 0.29) is 22.4 Å². The fraction of sp³-hybridized carbons (Fsp3) is 0.423. The fourth-order valence-corrected chi connectivity index (χ4v) is 7.91. The quantitative estimate of drug-likeness (QED) is 0.252. The van der Waals surface area contributed by atoms with Crippen molar-refractivity contribution in [2.45, 2.75) is 67.5 Å². The summed E-state index contributed by atoms with van der Waals surface area (Å²) in [5.74, 6) is -4.12. The number of β-lactam (4-membered cyclic amide) rings is 1. The molecule has 5 N–H and O–H groups in total. The Labute approximate surface area is 218 Å². The molecule has 2 aliphatic heterocycles. The van der Waals surface area contributed by atoms with Crippen molar-refractivity contribution in [1.29, 1.82) is 0 Å². The maximum Gasteiger partial charge on any atom is 0.333 e. The molecule has 3 amide bonds. The normalized spacial score (nSPS) is 23.6. The van der Waals surface area contributed by atoms with E-state index in [1.165, 1.54) is 40.9 Å². The number of aromatic nitrogens is 1. The number of carbonyl (C=O) groups excluding carboxylic acids is 3. The summed E-state index contributed by atoms with van der Waals surface area (Å²) in [4.78, 5) is 54.2. The second kappa shape index (κ2) is 9.05. The molecule has 1 aromatic heterocycles. The van der Waals surface area contributed by atoms with Crippen LogP contribution in [0.3, 0.4) is 0 Å². The van der Waals surface area contributed by atoms with Crippen molar-refractivity contribution in [3.8, 4) is 0 Å². The van der Waals surface area contributed by atoms with Crippen molar-refractivity contribution in [3.63, 3.8) is 0 Å². The van der Waals surface area contributed by atoms with Crippen LogP contribution in [0.1, 0.15) is 67.3 Å². The molecule has 0 saturated carbocycles. The number of benzene rings is 1. The lowest BCUT2D eigenvalue weighted by Gasteiger charge is -2.54. The summed E-state index contributed by atoms with van der Waals surface area (Å²) in [5, 5.41) is 24.6. The maximum atomic E-state index is 14.0. The van der Waals surface area contributed by atoms with Gasteiger partial charge in [0, 0.05) is 16.4 Å². The van der Waals surface area contributed by atoms with Gasteiger partial charge in [0.1, 0.15) is 0 Å². The summed E-state index contributed by atoms with van der Waals surface area (Å²) in [5.41, 5.74) is 6.76. The maximum absolute atomic E-state index is 14.0. The third-order valence-electron chi connectivity index (χ3n) is 7.57. The average Bonchev–Trinajstić information content (AvgIpc) is 3.02. The molecule has 0 radical (unpaired) electrons. The van der Waals surface area contributed by atoms with Crippen molar-refractivity contribution in [1.82, 2.24) is 4.90 Å². The van der Waals surface area contributed by atoms with Gasteiger partial charge in [0.05, 0.1) is 11.8 Å². The molecular weight excluding hydrogens is 496 g/mol. The number of carbonyl (C=O) groups is 4. The molecule has 196 valence electrons. The molecule has 37 heavy (non-hydrogen) atoms. The Morgan fingerprint density at radius 2 is 1.84 bits per heavy atom. The number of primary amides is 2. The summed E-state index contributed by atoms with van der Waals surface area (Å²) >= 11 is 1.24. The van der Waals surface area contributed by atoms with Crippen molar-refractivity contribution < 1.29 is 29.0 Å². The number of aliphatic carboxylic acids is 1. The Kier molecular flexibility index (Phi) is 6.48. The number of nitrogens with zero attached hydrogens (tertiary/aromatic N) is 2. The van der Waals surface area contributed by atoms with Gasteiger partial charge in [-0.1, -0.05) is 43.7 Å². The highest BCUT2D eigenvalue weighted by molar-refractivity contribution is 8.01. The number of thioether (sulfide) groups is 1. The zero-order chi connectivity index (χ0) is 27.3. The van der Waals surface area contributed by atoms with Gasteiger partial charge in [-0.3, -0.25) is 14.4 Å². The molecule has 2 aliphatic rings. The van der Waals surface area contributed by atoms with Crippen LogP contribution in [0.5, 0.6) is 0 Å². The molecule has 2 saturated heterocycles. The minimum atomic E-state index is -2.38. The molecule has 2 aromatic rings. The van der Waals surface area contributed by atoms with Crippen molar-refractivity contribution in [2.24, 2.45) is 11.5 Å². The topological polar surface area (TPSA) is 171 Å². The monoisotopic (exact) mass is 526 g/mol. The first-order valence-corrected chi connectivity index (χ1v) is 12.9. The van der Waals surface area contributed by atoms with Crippen LogP contribution in [0.25, 0.3) is 0 Å². The third kappa shape index (κ3) is 3.36. The summed E-state index contributed by atoms with van der Waals surface area (Å²) < 4.78 is -1.05. The number of unbranched alkanes of at least 4 members (excludes halogenated alkanes) is 1. The van der Waals surface area contributed by atoms with E-state index in [2.05, 4.69) is 0 Å². The van der Waals surface area contributed by atoms with E-state index in [1.807, 2.05) is 6.92 Å². The Morgan fingerprint density at radius 3 is 2.35 bits per heavy atom. The number of amides is 3. The summed E-state index contributed by atoms with van der Waals surface area (Å²) in [6, 6.07) is 10.7. The molecule has 10 nitrogen and oxygen atoms in total. The van der Waals surface area contributed by atoms with E-state index >= 15 is 0 Å². The van der Waals surface area contributed by atoms with E-state index in [4.69, 9.17) is 11.5 Å². The van der Waals surface area contributed by atoms with Gasteiger partial charge in [-0.05, 0) is 38.3 Å². The van der Waals surface area contributed by atoms with E-state index in [1.54, 1.807) is 32.0 Å². The van der Waals surface area contributed by atoms with E-state index in [9.17, 15) is 29.5 Å². The van der Waals surface area contributed by atoms with Crippen molar-refractivity contribution in [3.05, 3.63) is 70.2 Å². The van der Waals surface area contributed by atoms with Crippen LogP contribution in [0.15, 0.2) is 42.5 Å². The molecule has 1 aromatic carbocycles. The minimum Gasteiger partial charge on any atom is -0.618 e. The van der Waals surface area contributed by atoms with Crippen LogP contribution in [0, 0.1) is 5.21 Å².